The van der Waals surface area contributed by atoms with E-state index >= 15 is 0 Å². The minimum atomic E-state index is -1.11. The monoisotopic (exact) mass is 391 g/mol. The number of hydrogen-bond donors (Lipinski definition) is 2. The predicted molar refractivity (Wildman–Crippen MR) is 104 cm³/mol. The van der Waals surface area contributed by atoms with Crippen molar-refractivity contribution in [2.75, 3.05) is 7.05 Å². The number of hydrogen-bond acceptors (Lipinski definition) is 5. The number of carboxylic acid groups (broad SMARTS) is 1. The van der Waals surface area contributed by atoms with Crippen LogP contribution in [0.2, 0.25) is 0 Å². The zero-order valence-corrected chi connectivity index (χ0v) is 16.7. The van der Waals surface area contributed by atoms with Gasteiger partial charge in [0.25, 0.3) is 5.56 Å². The van der Waals surface area contributed by atoms with Gasteiger partial charge in [-0.05, 0) is 32.3 Å². The topological polar surface area (TPSA) is 103 Å². The van der Waals surface area contributed by atoms with Gasteiger partial charge in [0, 0.05) is 24.8 Å². The van der Waals surface area contributed by atoms with E-state index in [1.165, 1.54) is 16.2 Å². The number of aryl methyl sites for hydroxylation is 3. The number of aromatic amines is 1. The average Bonchev–Trinajstić information content (AvgIpc) is 2.93. The fraction of sp³-hybridized carbons (Fsp3) is 0.579. The van der Waals surface area contributed by atoms with Crippen molar-refractivity contribution in [1.82, 2.24) is 14.9 Å². The SMILES string of the molecule is Cc1sc2nc(CCC(=O)N(C)C3(C(=O)O)CCCCC3)[nH]c(=O)c2c1C. The molecule has 0 aliphatic heterocycles. The number of carbonyl (C=O) groups excluding carboxylic acids is 1. The third-order valence-corrected chi connectivity index (χ3v) is 6.86. The second-order valence-corrected chi connectivity index (χ2v) is 8.53. The van der Waals surface area contributed by atoms with Crippen molar-refractivity contribution in [3.63, 3.8) is 0 Å². The number of nitrogens with one attached hydrogen (secondary N) is 1. The molecule has 1 aliphatic rings. The van der Waals surface area contributed by atoms with E-state index in [-0.39, 0.29) is 24.3 Å². The maximum Gasteiger partial charge on any atom is 0.329 e. The molecule has 0 atom stereocenters. The minimum Gasteiger partial charge on any atom is -0.479 e. The highest BCUT2D eigenvalue weighted by atomic mass is 32.1. The molecule has 2 aromatic rings. The lowest BCUT2D eigenvalue weighted by Gasteiger charge is -2.41. The van der Waals surface area contributed by atoms with Crippen molar-refractivity contribution >= 4 is 33.4 Å². The van der Waals surface area contributed by atoms with Gasteiger partial charge in [-0.25, -0.2) is 9.78 Å². The summed E-state index contributed by atoms with van der Waals surface area (Å²) < 4.78 is 0. The maximum absolute atomic E-state index is 12.7. The van der Waals surface area contributed by atoms with E-state index in [1.807, 2.05) is 13.8 Å². The van der Waals surface area contributed by atoms with Gasteiger partial charge in [-0.1, -0.05) is 19.3 Å². The third-order valence-electron chi connectivity index (χ3n) is 5.76. The molecule has 0 aromatic carbocycles. The summed E-state index contributed by atoms with van der Waals surface area (Å²) in [6, 6.07) is 0. The zero-order chi connectivity index (χ0) is 19.8. The Morgan fingerprint density at radius 2 is 1.93 bits per heavy atom. The molecule has 8 heteroatoms. The maximum atomic E-state index is 12.7. The number of rotatable bonds is 5. The van der Waals surface area contributed by atoms with Crippen molar-refractivity contribution in [2.45, 2.75) is 64.3 Å². The van der Waals surface area contributed by atoms with E-state index in [2.05, 4.69) is 9.97 Å². The summed E-state index contributed by atoms with van der Waals surface area (Å²) in [5.74, 6) is -0.709. The van der Waals surface area contributed by atoms with Crippen LogP contribution in [0.15, 0.2) is 4.79 Å². The first kappa shape index (κ1) is 19.5. The molecular weight excluding hydrogens is 366 g/mol. The van der Waals surface area contributed by atoms with Crippen LogP contribution in [0.5, 0.6) is 0 Å². The number of likely N-dealkylation sites (N-methyl/N-ethyl adjacent to an activating group) is 1. The van der Waals surface area contributed by atoms with Gasteiger partial charge in [-0.15, -0.1) is 11.3 Å². The highest BCUT2D eigenvalue weighted by Gasteiger charge is 2.45. The number of H-pyrrole nitrogens is 1. The number of amides is 1. The molecule has 0 saturated heterocycles. The van der Waals surface area contributed by atoms with Gasteiger partial charge in [-0.3, -0.25) is 9.59 Å². The van der Waals surface area contributed by atoms with Crippen LogP contribution in [-0.2, 0) is 16.0 Å². The van der Waals surface area contributed by atoms with Crippen LogP contribution >= 0.6 is 11.3 Å². The molecular formula is C19H25N3O4S. The van der Waals surface area contributed by atoms with Crippen molar-refractivity contribution in [3.05, 3.63) is 26.6 Å². The van der Waals surface area contributed by atoms with E-state index in [0.29, 0.717) is 28.9 Å². The number of carbonyl (C=O) groups is 2. The van der Waals surface area contributed by atoms with Crippen LogP contribution in [0.4, 0.5) is 0 Å². The van der Waals surface area contributed by atoms with Gasteiger partial charge in [0.05, 0.1) is 5.39 Å². The molecule has 146 valence electrons. The molecule has 2 N–H and O–H groups in total. The molecule has 3 rings (SSSR count). The summed E-state index contributed by atoms with van der Waals surface area (Å²) >= 11 is 1.47. The number of fused-ring (bicyclic) bond motifs is 1. The largest absolute Gasteiger partial charge is 0.479 e. The highest BCUT2D eigenvalue weighted by molar-refractivity contribution is 7.18. The van der Waals surface area contributed by atoms with Gasteiger partial charge in [0.15, 0.2) is 0 Å². The number of aromatic nitrogens is 2. The molecule has 2 heterocycles. The van der Waals surface area contributed by atoms with Gasteiger partial charge in [0.1, 0.15) is 16.2 Å². The van der Waals surface area contributed by atoms with Crippen LogP contribution in [-0.4, -0.2) is 44.4 Å². The minimum absolute atomic E-state index is 0.114. The second-order valence-electron chi connectivity index (χ2n) is 7.33. The van der Waals surface area contributed by atoms with Crippen molar-refractivity contribution < 1.29 is 14.7 Å². The summed E-state index contributed by atoms with van der Waals surface area (Å²) in [5.41, 5.74) is -0.360. The molecule has 0 unspecified atom stereocenters. The van der Waals surface area contributed by atoms with E-state index in [9.17, 15) is 19.5 Å². The lowest BCUT2D eigenvalue weighted by Crippen LogP contribution is -2.56. The number of thiophene rings is 1. The zero-order valence-electron chi connectivity index (χ0n) is 15.9. The standard InChI is InChI=1S/C19H25N3O4S/c1-11-12(2)27-17-15(11)16(24)20-13(21-17)7-8-14(23)22(3)19(18(25)26)9-5-4-6-10-19/h4-10H2,1-3H3,(H,25,26)(H,20,21,24). The Kier molecular flexibility index (Phi) is 5.37. The van der Waals surface area contributed by atoms with Gasteiger partial charge in [0.2, 0.25) is 5.91 Å². The highest BCUT2D eigenvalue weighted by Crippen LogP contribution is 2.34. The summed E-state index contributed by atoms with van der Waals surface area (Å²) in [4.78, 5) is 47.3. The molecule has 1 fully saturated rings. The third kappa shape index (κ3) is 3.50. The predicted octanol–water partition coefficient (Wildman–Crippen LogP) is 2.78. The van der Waals surface area contributed by atoms with E-state index < -0.39 is 11.5 Å². The van der Waals surface area contributed by atoms with E-state index in [1.54, 1.807) is 7.05 Å². The van der Waals surface area contributed by atoms with Crippen LogP contribution in [0.3, 0.4) is 0 Å². The summed E-state index contributed by atoms with van der Waals surface area (Å²) in [7, 11) is 1.58. The van der Waals surface area contributed by atoms with Crippen LogP contribution in [0.25, 0.3) is 10.2 Å². The normalized spacial score (nSPS) is 16.4. The Morgan fingerprint density at radius 3 is 2.56 bits per heavy atom. The van der Waals surface area contributed by atoms with Gasteiger partial charge in [-0.2, -0.15) is 0 Å². The fourth-order valence-corrected chi connectivity index (χ4v) is 4.93. The first-order valence-electron chi connectivity index (χ1n) is 9.25. The first-order chi connectivity index (χ1) is 12.8. The van der Waals surface area contributed by atoms with E-state index in [4.69, 9.17) is 0 Å². The smallest absolute Gasteiger partial charge is 0.329 e. The number of nitrogens with zero attached hydrogens (tertiary/aromatic N) is 2. The Hall–Kier alpha value is -2.22. The average molecular weight is 391 g/mol. The van der Waals surface area contributed by atoms with Crippen LogP contribution < -0.4 is 5.56 Å². The molecule has 0 radical (unpaired) electrons. The fourth-order valence-electron chi connectivity index (χ4n) is 3.88. The molecule has 2 aromatic heterocycles. The molecule has 1 saturated carbocycles. The van der Waals surface area contributed by atoms with Gasteiger partial charge < -0.3 is 15.0 Å². The molecule has 27 heavy (non-hydrogen) atoms. The van der Waals surface area contributed by atoms with Crippen LogP contribution in [0.1, 0.15) is 54.8 Å². The Balaban J connectivity index is 1.76. The molecule has 0 bridgehead atoms. The summed E-state index contributed by atoms with van der Waals surface area (Å²) in [6.07, 6.45) is 3.99. The van der Waals surface area contributed by atoms with Crippen LogP contribution in [0, 0.1) is 13.8 Å². The van der Waals surface area contributed by atoms with E-state index in [0.717, 1.165) is 29.7 Å². The lowest BCUT2D eigenvalue weighted by atomic mass is 9.80. The summed E-state index contributed by atoms with van der Waals surface area (Å²) in [6.45, 7) is 3.85. The molecule has 1 aliphatic carbocycles. The van der Waals surface area contributed by atoms with Crippen molar-refractivity contribution in [3.8, 4) is 0 Å². The van der Waals surface area contributed by atoms with Gasteiger partial charge >= 0.3 is 5.97 Å². The number of carboxylic acids is 1. The molecule has 7 nitrogen and oxygen atoms in total. The Labute approximate surface area is 161 Å². The Bertz CT molecular complexity index is 940. The van der Waals surface area contributed by atoms with Crippen molar-refractivity contribution in [2.24, 2.45) is 0 Å². The molecule has 1 amide bonds. The quantitative estimate of drug-likeness (QED) is 0.816. The lowest BCUT2D eigenvalue weighted by molar-refractivity contribution is -0.160. The summed E-state index contributed by atoms with van der Waals surface area (Å²) in [5, 5.41) is 10.3. The first-order valence-corrected chi connectivity index (χ1v) is 10.1. The van der Waals surface area contributed by atoms with Crippen molar-refractivity contribution in [1.29, 1.82) is 0 Å². The second kappa shape index (κ2) is 7.42. The molecule has 0 spiro atoms. The number of aliphatic carboxylic acids is 1. The Morgan fingerprint density at radius 1 is 1.26 bits per heavy atom.